The van der Waals surface area contributed by atoms with Crippen molar-refractivity contribution in [2.45, 2.75) is 32.2 Å². The van der Waals surface area contributed by atoms with Gasteiger partial charge in [-0.1, -0.05) is 12.1 Å². The summed E-state index contributed by atoms with van der Waals surface area (Å²) in [5.41, 5.74) is 5.62. The van der Waals surface area contributed by atoms with Crippen LogP contribution in [0.4, 0.5) is 0 Å². The molecule has 1 aliphatic heterocycles. The first kappa shape index (κ1) is 22.9. The van der Waals surface area contributed by atoms with E-state index in [-0.39, 0.29) is 5.92 Å². The molecule has 0 saturated heterocycles. The van der Waals surface area contributed by atoms with Gasteiger partial charge in [0.1, 0.15) is 23.0 Å². The van der Waals surface area contributed by atoms with Gasteiger partial charge in [-0.15, -0.1) is 5.10 Å². The first-order valence-electron chi connectivity index (χ1n) is 12.2. The van der Waals surface area contributed by atoms with E-state index in [1.54, 1.807) is 26.7 Å². The number of hydrogen-bond donors (Lipinski definition) is 0. The van der Waals surface area contributed by atoms with E-state index in [9.17, 15) is 0 Å². The van der Waals surface area contributed by atoms with Crippen molar-refractivity contribution in [2.75, 3.05) is 14.2 Å². The molecule has 1 aliphatic rings. The van der Waals surface area contributed by atoms with Crippen LogP contribution in [0.5, 0.6) is 11.6 Å². The van der Waals surface area contributed by atoms with Crippen molar-refractivity contribution in [1.82, 2.24) is 34.3 Å². The van der Waals surface area contributed by atoms with Crippen molar-refractivity contribution < 1.29 is 9.47 Å². The van der Waals surface area contributed by atoms with Crippen molar-refractivity contribution >= 4 is 0 Å². The van der Waals surface area contributed by atoms with E-state index in [2.05, 4.69) is 22.1 Å². The Labute approximate surface area is 214 Å². The summed E-state index contributed by atoms with van der Waals surface area (Å²) >= 11 is 0. The number of fused-ring (bicyclic) bond motifs is 1. The topological polar surface area (TPSA) is 92.8 Å². The van der Waals surface area contributed by atoms with E-state index in [0.717, 1.165) is 53.5 Å². The van der Waals surface area contributed by atoms with Crippen molar-refractivity contribution in [3.63, 3.8) is 0 Å². The third-order valence-corrected chi connectivity index (χ3v) is 6.73. The molecule has 0 radical (unpaired) electrons. The zero-order valence-corrected chi connectivity index (χ0v) is 21.0. The SMILES string of the molecule is COc1ccc([C@@H]2CCCn3nc(-c4ccc(-n5cnc(C)c5)c(OC)n4)nc32)cc1-c1cccnc1. The average Bonchev–Trinajstić information content (AvgIpc) is 3.59. The molecule has 1 aromatic carbocycles. The quantitative estimate of drug-likeness (QED) is 0.334. The van der Waals surface area contributed by atoms with Crippen LogP contribution in [-0.2, 0) is 6.54 Å². The minimum atomic E-state index is 0.117. The number of aromatic nitrogens is 7. The zero-order chi connectivity index (χ0) is 25.4. The molecule has 186 valence electrons. The summed E-state index contributed by atoms with van der Waals surface area (Å²) in [6, 6.07) is 14.2. The van der Waals surface area contributed by atoms with Gasteiger partial charge in [-0.2, -0.15) is 0 Å². The Morgan fingerprint density at radius 2 is 1.95 bits per heavy atom. The van der Waals surface area contributed by atoms with Crippen molar-refractivity contribution in [3.8, 4) is 40.0 Å². The summed E-state index contributed by atoms with van der Waals surface area (Å²) in [5, 5.41) is 4.83. The van der Waals surface area contributed by atoms with Crippen LogP contribution in [0, 0.1) is 6.92 Å². The van der Waals surface area contributed by atoms with Crippen LogP contribution in [-0.4, -0.2) is 48.5 Å². The molecule has 0 spiro atoms. The van der Waals surface area contributed by atoms with Crippen molar-refractivity contribution in [2.24, 2.45) is 0 Å². The molecule has 0 bridgehead atoms. The predicted molar refractivity (Wildman–Crippen MR) is 139 cm³/mol. The van der Waals surface area contributed by atoms with Gasteiger partial charge >= 0.3 is 0 Å². The maximum absolute atomic E-state index is 5.65. The number of aryl methyl sites for hydroxylation is 2. The smallest absolute Gasteiger partial charge is 0.238 e. The Hall–Kier alpha value is -4.53. The Balaban J connectivity index is 1.37. The van der Waals surface area contributed by atoms with Crippen LogP contribution in [0.1, 0.15) is 35.8 Å². The van der Waals surface area contributed by atoms with Crippen molar-refractivity contribution in [3.05, 3.63) is 84.5 Å². The van der Waals surface area contributed by atoms with Crippen LogP contribution >= 0.6 is 0 Å². The van der Waals surface area contributed by atoms with Gasteiger partial charge in [0.05, 0.1) is 26.2 Å². The maximum atomic E-state index is 5.65. The molecular formula is C28H27N7O2. The number of nitrogens with zero attached hydrogens (tertiary/aromatic N) is 7. The standard InChI is InChI=1S/C28H27N7O2/c1-18-16-34(17-30-18)24-10-9-23(31-28(24)37-3)26-32-27-21(7-5-13-35(27)33-26)19-8-11-25(36-2)22(14-19)20-6-4-12-29-15-20/h4,6,8-12,14-17,21H,5,7,13H2,1-3H3/t21-/m0/s1. The predicted octanol–water partition coefficient (Wildman–Crippen LogP) is 4.84. The lowest BCUT2D eigenvalue weighted by Crippen LogP contribution is -2.18. The van der Waals surface area contributed by atoms with E-state index >= 15 is 0 Å². The normalized spacial score (nSPS) is 14.8. The second kappa shape index (κ2) is 9.50. The molecule has 0 amide bonds. The minimum absolute atomic E-state index is 0.117. The third kappa shape index (κ3) is 4.22. The number of imidazole rings is 1. The largest absolute Gasteiger partial charge is 0.496 e. The molecule has 5 heterocycles. The first-order chi connectivity index (χ1) is 18.1. The number of benzene rings is 1. The monoisotopic (exact) mass is 493 g/mol. The molecule has 0 aliphatic carbocycles. The van der Waals surface area contributed by atoms with Crippen LogP contribution in [0.3, 0.4) is 0 Å². The van der Waals surface area contributed by atoms with Gasteiger partial charge in [-0.05, 0) is 55.7 Å². The summed E-state index contributed by atoms with van der Waals surface area (Å²) in [6.07, 6.45) is 9.33. The Morgan fingerprint density at radius 3 is 2.70 bits per heavy atom. The molecule has 0 saturated carbocycles. The van der Waals surface area contributed by atoms with Crippen LogP contribution in [0.2, 0.25) is 0 Å². The van der Waals surface area contributed by atoms with Crippen LogP contribution in [0.15, 0.2) is 67.4 Å². The van der Waals surface area contributed by atoms with Gasteiger partial charge in [0.15, 0.2) is 5.82 Å². The Bertz CT molecular complexity index is 1560. The van der Waals surface area contributed by atoms with Crippen molar-refractivity contribution in [1.29, 1.82) is 0 Å². The summed E-state index contributed by atoms with van der Waals surface area (Å²) < 4.78 is 15.2. The molecule has 9 nitrogen and oxygen atoms in total. The number of methoxy groups -OCH3 is 2. The summed E-state index contributed by atoms with van der Waals surface area (Å²) in [6.45, 7) is 2.78. The molecule has 5 aromatic rings. The van der Waals surface area contributed by atoms with E-state index in [4.69, 9.17) is 24.5 Å². The van der Waals surface area contributed by atoms with Crippen LogP contribution < -0.4 is 9.47 Å². The van der Waals surface area contributed by atoms with Gasteiger partial charge in [-0.3, -0.25) is 4.98 Å². The summed E-state index contributed by atoms with van der Waals surface area (Å²) in [4.78, 5) is 18.3. The molecule has 9 heteroatoms. The Kier molecular flexibility index (Phi) is 5.88. The molecule has 37 heavy (non-hydrogen) atoms. The molecular weight excluding hydrogens is 466 g/mol. The maximum Gasteiger partial charge on any atom is 0.238 e. The Morgan fingerprint density at radius 1 is 1.03 bits per heavy atom. The fourth-order valence-corrected chi connectivity index (χ4v) is 4.92. The highest BCUT2D eigenvalue weighted by Gasteiger charge is 2.27. The second-order valence-corrected chi connectivity index (χ2v) is 9.06. The van der Waals surface area contributed by atoms with Gasteiger partial charge in [0.2, 0.25) is 5.88 Å². The molecule has 6 rings (SSSR count). The highest BCUT2D eigenvalue weighted by Crippen LogP contribution is 2.38. The second-order valence-electron chi connectivity index (χ2n) is 9.06. The van der Waals surface area contributed by atoms with Gasteiger partial charge in [0.25, 0.3) is 0 Å². The van der Waals surface area contributed by atoms with Gasteiger partial charge in [0, 0.05) is 42.2 Å². The molecule has 1 atom stereocenters. The minimum Gasteiger partial charge on any atom is -0.496 e. The first-order valence-corrected chi connectivity index (χ1v) is 12.2. The summed E-state index contributed by atoms with van der Waals surface area (Å²) in [7, 11) is 3.31. The number of pyridine rings is 2. The molecule has 0 fully saturated rings. The van der Waals surface area contributed by atoms with Gasteiger partial charge in [-0.25, -0.2) is 19.6 Å². The number of ether oxygens (including phenoxy) is 2. The van der Waals surface area contributed by atoms with Gasteiger partial charge < -0.3 is 14.0 Å². The van der Waals surface area contributed by atoms with E-state index in [1.807, 2.05) is 58.9 Å². The fraction of sp³-hybridized carbons (Fsp3) is 0.250. The third-order valence-electron chi connectivity index (χ3n) is 6.73. The fourth-order valence-electron chi connectivity index (χ4n) is 4.92. The lowest BCUT2D eigenvalue weighted by atomic mass is 9.89. The zero-order valence-electron chi connectivity index (χ0n) is 21.0. The molecule has 4 aromatic heterocycles. The molecule has 0 N–H and O–H groups in total. The van der Waals surface area contributed by atoms with E-state index in [0.29, 0.717) is 17.4 Å². The number of hydrogen-bond acceptors (Lipinski definition) is 7. The highest BCUT2D eigenvalue weighted by atomic mass is 16.5. The lowest BCUT2D eigenvalue weighted by molar-refractivity contribution is 0.396. The highest BCUT2D eigenvalue weighted by molar-refractivity contribution is 5.71. The lowest BCUT2D eigenvalue weighted by Gasteiger charge is -2.23. The van der Waals surface area contributed by atoms with Crippen LogP contribution in [0.25, 0.3) is 28.3 Å². The summed E-state index contributed by atoms with van der Waals surface area (Å²) in [5.74, 6) is 2.97. The molecule has 0 unspecified atom stereocenters. The van der Waals surface area contributed by atoms with E-state index in [1.165, 1.54) is 5.56 Å². The number of rotatable bonds is 6. The van der Waals surface area contributed by atoms with E-state index < -0.39 is 0 Å². The average molecular weight is 494 g/mol.